The standard InChI is InChI=1S/C15H14N2S3/c1-9-4-3-5-10-8-11(19-13(9)10)12-14(18-2)20-15-16-6-7-17(12)15/h3-5,8H,6-7H2,1-2H3. The molecule has 0 spiro atoms. The van der Waals surface area contributed by atoms with Crippen molar-refractivity contribution in [1.82, 2.24) is 4.90 Å². The molecule has 0 unspecified atom stereocenters. The van der Waals surface area contributed by atoms with Crippen LogP contribution >= 0.6 is 34.9 Å². The number of hydrogen-bond acceptors (Lipinski definition) is 5. The molecule has 1 aromatic heterocycles. The zero-order valence-electron chi connectivity index (χ0n) is 11.3. The van der Waals surface area contributed by atoms with E-state index in [-0.39, 0.29) is 0 Å². The monoisotopic (exact) mass is 318 g/mol. The van der Waals surface area contributed by atoms with Crippen LogP contribution in [-0.4, -0.2) is 29.4 Å². The second-order valence-electron chi connectivity index (χ2n) is 4.86. The molecule has 2 nitrogen and oxygen atoms in total. The van der Waals surface area contributed by atoms with Gasteiger partial charge in [0.15, 0.2) is 5.17 Å². The maximum absolute atomic E-state index is 4.60. The van der Waals surface area contributed by atoms with Gasteiger partial charge in [0.05, 0.1) is 21.4 Å². The Labute approximate surface area is 131 Å². The summed E-state index contributed by atoms with van der Waals surface area (Å²) in [7, 11) is 0. The van der Waals surface area contributed by atoms with Gasteiger partial charge >= 0.3 is 0 Å². The highest BCUT2D eigenvalue weighted by molar-refractivity contribution is 8.30. The van der Waals surface area contributed by atoms with Gasteiger partial charge in [-0.15, -0.1) is 23.1 Å². The lowest BCUT2D eigenvalue weighted by atomic mass is 10.2. The molecule has 0 amide bonds. The normalized spacial score (nSPS) is 18.1. The molecule has 0 saturated carbocycles. The molecular formula is C15H14N2S3. The van der Waals surface area contributed by atoms with Crippen LogP contribution in [0.1, 0.15) is 10.4 Å². The molecule has 3 heterocycles. The molecule has 0 aliphatic carbocycles. The lowest BCUT2D eigenvalue weighted by Crippen LogP contribution is -2.19. The Morgan fingerprint density at radius 2 is 2.25 bits per heavy atom. The van der Waals surface area contributed by atoms with E-state index < -0.39 is 0 Å². The summed E-state index contributed by atoms with van der Waals surface area (Å²) in [4.78, 5) is 8.36. The van der Waals surface area contributed by atoms with E-state index in [1.165, 1.54) is 35.6 Å². The Morgan fingerprint density at radius 3 is 3.05 bits per heavy atom. The first kappa shape index (κ1) is 12.8. The molecule has 1 aromatic carbocycles. The fourth-order valence-corrected chi connectivity index (χ4v) is 5.88. The van der Waals surface area contributed by atoms with Gasteiger partial charge in [-0.1, -0.05) is 18.2 Å². The predicted molar refractivity (Wildman–Crippen MR) is 93.6 cm³/mol. The zero-order chi connectivity index (χ0) is 13.7. The fraction of sp³-hybridized carbons (Fsp3) is 0.267. The van der Waals surface area contributed by atoms with E-state index in [0.29, 0.717) is 0 Å². The minimum Gasteiger partial charge on any atom is -0.316 e. The second-order valence-corrected chi connectivity index (χ2v) is 7.97. The molecule has 102 valence electrons. The number of thioether (sulfide) groups is 2. The average Bonchev–Trinajstić information content (AvgIpc) is 3.10. The predicted octanol–water partition coefficient (Wildman–Crippen LogP) is 4.62. The van der Waals surface area contributed by atoms with Crippen molar-refractivity contribution >= 4 is 55.8 Å². The number of hydrogen-bond donors (Lipinski definition) is 0. The van der Waals surface area contributed by atoms with Crippen molar-refractivity contribution in [3.8, 4) is 0 Å². The highest BCUT2D eigenvalue weighted by Gasteiger charge is 2.33. The lowest BCUT2D eigenvalue weighted by molar-refractivity contribution is 0.651. The summed E-state index contributed by atoms with van der Waals surface area (Å²) in [6, 6.07) is 8.88. The first-order valence-corrected chi connectivity index (χ1v) is 9.41. The molecule has 20 heavy (non-hydrogen) atoms. The third-order valence-corrected chi connectivity index (χ3v) is 7.13. The SMILES string of the molecule is CSC1=C(c2cc3cccc(C)c3s2)N2CCN=C2S1. The van der Waals surface area contributed by atoms with Gasteiger partial charge in [-0.25, -0.2) is 0 Å². The number of nitrogens with zero attached hydrogens (tertiary/aromatic N) is 2. The van der Waals surface area contributed by atoms with E-state index in [4.69, 9.17) is 0 Å². The maximum Gasteiger partial charge on any atom is 0.169 e. The number of amidine groups is 1. The van der Waals surface area contributed by atoms with Crippen LogP contribution in [0.4, 0.5) is 0 Å². The average molecular weight is 318 g/mol. The molecule has 2 aliphatic heterocycles. The molecular weight excluding hydrogens is 304 g/mol. The molecule has 5 heteroatoms. The molecule has 0 radical (unpaired) electrons. The van der Waals surface area contributed by atoms with E-state index in [9.17, 15) is 0 Å². The van der Waals surface area contributed by atoms with Gasteiger partial charge in [0.25, 0.3) is 0 Å². The van der Waals surface area contributed by atoms with Crippen LogP contribution in [0.25, 0.3) is 15.8 Å². The summed E-state index contributed by atoms with van der Waals surface area (Å²) in [5.41, 5.74) is 2.74. The topological polar surface area (TPSA) is 15.6 Å². The van der Waals surface area contributed by atoms with Crippen molar-refractivity contribution in [2.45, 2.75) is 6.92 Å². The fourth-order valence-electron chi connectivity index (χ4n) is 2.66. The van der Waals surface area contributed by atoms with E-state index in [2.05, 4.69) is 47.3 Å². The number of aliphatic imine (C=N–C) groups is 1. The highest BCUT2D eigenvalue weighted by atomic mass is 32.2. The first-order chi connectivity index (χ1) is 9.78. The number of thiophene rings is 1. The van der Waals surface area contributed by atoms with E-state index in [1.54, 1.807) is 0 Å². The van der Waals surface area contributed by atoms with Crippen molar-refractivity contribution in [3.05, 3.63) is 38.9 Å². The van der Waals surface area contributed by atoms with Crippen molar-refractivity contribution in [3.63, 3.8) is 0 Å². The summed E-state index contributed by atoms with van der Waals surface area (Å²) >= 11 is 5.56. The Kier molecular flexibility index (Phi) is 3.09. The third kappa shape index (κ3) is 1.84. The van der Waals surface area contributed by atoms with Crippen LogP contribution in [0.2, 0.25) is 0 Å². The van der Waals surface area contributed by atoms with Crippen LogP contribution < -0.4 is 0 Å². The molecule has 0 atom stereocenters. The summed E-state index contributed by atoms with van der Waals surface area (Å²) in [6.45, 7) is 4.14. The minimum atomic E-state index is 0.928. The van der Waals surface area contributed by atoms with E-state index in [0.717, 1.165) is 13.1 Å². The molecule has 4 rings (SSSR count). The lowest BCUT2D eigenvalue weighted by Gasteiger charge is -2.15. The van der Waals surface area contributed by atoms with Gasteiger partial charge in [0.1, 0.15) is 0 Å². The smallest absolute Gasteiger partial charge is 0.169 e. The van der Waals surface area contributed by atoms with Crippen molar-refractivity contribution in [2.75, 3.05) is 19.3 Å². The van der Waals surface area contributed by atoms with Crippen LogP contribution in [-0.2, 0) is 0 Å². The van der Waals surface area contributed by atoms with Gasteiger partial charge in [-0.05, 0) is 42.0 Å². The molecule has 2 aromatic rings. The largest absolute Gasteiger partial charge is 0.316 e. The van der Waals surface area contributed by atoms with Gasteiger partial charge < -0.3 is 4.90 Å². The molecule has 0 bridgehead atoms. The molecule has 2 aliphatic rings. The quantitative estimate of drug-likeness (QED) is 0.803. The third-order valence-electron chi connectivity index (χ3n) is 3.61. The number of benzene rings is 1. The molecule has 0 saturated heterocycles. The minimum absolute atomic E-state index is 0.928. The van der Waals surface area contributed by atoms with E-state index in [1.807, 2.05) is 34.9 Å². The summed E-state index contributed by atoms with van der Waals surface area (Å²) in [6.07, 6.45) is 2.16. The van der Waals surface area contributed by atoms with Gasteiger partial charge in [-0.3, -0.25) is 4.99 Å². The summed E-state index contributed by atoms with van der Waals surface area (Å²) in [5, 5.41) is 2.53. The van der Waals surface area contributed by atoms with Crippen LogP contribution in [0.3, 0.4) is 0 Å². The summed E-state index contributed by atoms with van der Waals surface area (Å²) < 4.78 is 2.79. The molecule has 0 fully saturated rings. The Hall–Kier alpha value is -0.910. The van der Waals surface area contributed by atoms with Crippen molar-refractivity contribution in [1.29, 1.82) is 0 Å². The van der Waals surface area contributed by atoms with Crippen LogP contribution in [0.5, 0.6) is 0 Å². The Balaban J connectivity index is 1.89. The van der Waals surface area contributed by atoms with Gasteiger partial charge in [-0.2, -0.15) is 0 Å². The Bertz CT molecular complexity index is 758. The van der Waals surface area contributed by atoms with Gasteiger partial charge in [0, 0.05) is 11.2 Å². The number of fused-ring (bicyclic) bond motifs is 2. The Morgan fingerprint density at radius 1 is 1.35 bits per heavy atom. The highest BCUT2D eigenvalue weighted by Crippen LogP contribution is 2.48. The summed E-state index contributed by atoms with van der Waals surface area (Å²) in [5.74, 6) is 0. The van der Waals surface area contributed by atoms with Crippen LogP contribution in [0.15, 0.2) is 33.5 Å². The van der Waals surface area contributed by atoms with Crippen molar-refractivity contribution < 1.29 is 0 Å². The van der Waals surface area contributed by atoms with Crippen molar-refractivity contribution in [2.24, 2.45) is 4.99 Å². The number of aryl methyl sites for hydroxylation is 1. The van der Waals surface area contributed by atoms with E-state index >= 15 is 0 Å². The first-order valence-electron chi connectivity index (χ1n) is 6.55. The van der Waals surface area contributed by atoms with Gasteiger partial charge in [0.2, 0.25) is 0 Å². The molecule has 0 N–H and O–H groups in total. The second kappa shape index (κ2) is 4.83. The van der Waals surface area contributed by atoms with Crippen LogP contribution in [0, 0.1) is 6.92 Å². The number of rotatable bonds is 2. The zero-order valence-corrected chi connectivity index (χ0v) is 13.8. The maximum atomic E-state index is 4.60.